The van der Waals surface area contributed by atoms with Gasteiger partial charge in [-0.15, -0.1) is 0 Å². The van der Waals surface area contributed by atoms with Gasteiger partial charge in [0.1, 0.15) is 0 Å². The first-order valence-corrected chi connectivity index (χ1v) is 5.78. The Morgan fingerprint density at radius 2 is 1.94 bits per heavy atom. The van der Waals surface area contributed by atoms with Crippen molar-refractivity contribution in [3.63, 3.8) is 0 Å². The molecule has 0 saturated carbocycles. The smallest absolute Gasteiger partial charge is 0.160 e. The lowest BCUT2D eigenvalue weighted by molar-refractivity contribution is 0.279. The van der Waals surface area contributed by atoms with Gasteiger partial charge in [0.05, 0.1) is 14.2 Å². The Hall–Kier alpha value is -1.26. The molecule has 0 saturated heterocycles. The van der Waals surface area contributed by atoms with E-state index >= 15 is 0 Å². The SMILES string of the molecule is COc1ccc(CC(N)CCCO)cc1OC. The summed E-state index contributed by atoms with van der Waals surface area (Å²) in [7, 11) is 3.23. The summed E-state index contributed by atoms with van der Waals surface area (Å²) in [4.78, 5) is 0. The first-order chi connectivity index (χ1) is 8.21. The predicted octanol–water partition coefficient (Wildman–Crippen LogP) is 1.35. The maximum Gasteiger partial charge on any atom is 0.160 e. The third-order valence-electron chi connectivity index (χ3n) is 2.68. The largest absolute Gasteiger partial charge is 0.493 e. The molecule has 0 spiro atoms. The summed E-state index contributed by atoms with van der Waals surface area (Å²) < 4.78 is 10.4. The Morgan fingerprint density at radius 1 is 1.24 bits per heavy atom. The normalized spacial score (nSPS) is 12.2. The lowest BCUT2D eigenvalue weighted by Gasteiger charge is -2.13. The molecule has 0 amide bonds. The van der Waals surface area contributed by atoms with Gasteiger partial charge in [0.2, 0.25) is 0 Å². The highest BCUT2D eigenvalue weighted by Gasteiger charge is 2.08. The number of ether oxygens (including phenoxy) is 2. The number of hydrogen-bond acceptors (Lipinski definition) is 4. The minimum Gasteiger partial charge on any atom is -0.493 e. The Morgan fingerprint density at radius 3 is 2.53 bits per heavy atom. The van der Waals surface area contributed by atoms with E-state index in [1.807, 2.05) is 18.2 Å². The number of aliphatic hydroxyl groups excluding tert-OH is 1. The summed E-state index contributed by atoms with van der Waals surface area (Å²) in [6, 6.07) is 5.88. The van der Waals surface area contributed by atoms with Crippen molar-refractivity contribution in [2.24, 2.45) is 5.73 Å². The maximum atomic E-state index is 8.74. The number of benzene rings is 1. The molecule has 0 aliphatic rings. The minimum atomic E-state index is 0.0697. The fraction of sp³-hybridized carbons (Fsp3) is 0.538. The zero-order valence-corrected chi connectivity index (χ0v) is 10.5. The summed E-state index contributed by atoms with van der Waals surface area (Å²) in [6.07, 6.45) is 2.35. The fourth-order valence-corrected chi connectivity index (χ4v) is 1.77. The van der Waals surface area contributed by atoms with Crippen molar-refractivity contribution in [3.8, 4) is 11.5 Å². The topological polar surface area (TPSA) is 64.7 Å². The molecule has 0 aliphatic heterocycles. The minimum absolute atomic E-state index is 0.0697. The lowest BCUT2D eigenvalue weighted by Crippen LogP contribution is -2.23. The number of hydrogen-bond donors (Lipinski definition) is 2. The van der Waals surface area contributed by atoms with E-state index in [-0.39, 0.29) is 12.6 Å². The fourth-order valence-electron chi connectivity index (χ4n) is 1.77. The van der Waals surface area contributed by atoms with E-state index in [0.29, 0.717) is 0 Å². The van der Waals surface area contributed by atoms with Crippen molar-refractivity contribution in [3.05, 3.63) is 23.8 Å². The summed E-state index contributed by atoms with van der Waals surface area (Å²) in [5.41, 5.74) is 7.09. The van der Waals surface area contributed by atoms with Crippen molar-refractivity contribution in [2.45, 2.75) is 25.3 Å². The standard InChI is InChI=1S/C13H21NO3/c1-16-12-6-5-10(9-13(12)17-2)8-11(14)4-3-7-15/h5-6,9,11,15H,3-4,7-8,14H2,1-2H3. The van der Waals surface area contributed by atoms with Gasteiger partial charge in [-0.25, -0.2) is 0 Å². The Bertz CT molecular complexity index is 341. The third kappa shape index (κ3) is 4.24. The predicted molar refractivity (Wildman–Crippen MR) is 67.5 cm³/mol. The number of methoxy groups -OCH3 is 2. The summed E-state index contributed by atoms with van der Waals surface area (Å²) in [5.74, 6) is 1.44. The van der Waals surface area contributed by atoms with Crippen LogP contribution >= 0.6 is 0 Å². The molecule has 4 heteroatoms. The van der Waals surface area contributed by atoms with Crippen LogP contribution in [0.15, 0.2) is 18.2 Å². The van der Waals surface area contributed by atoms with Crippen LogP contribution in [0.4, 0.5) is 0 Å². The molecule has 1 unspecified atom stereocenters. The van der Waals surface area contributed by atoms with Crippen LogP contribution in [0, 0.1) is 0 Å². The van der Waals surface area contributed by atoms with E-state index in [2.05, 4.69) is 0 Å². The average Bonchev–Trinajstić information content (AvgIpc) is 2.36. The van der Waals surface area contributed by atoms with Crippen molar-refractivity contribution >= 4 is 0 Å². The van der Waals surface area contributed by atoms with Gasteiger partial charge >= 0.3 is 0 Å². The Balaban J connectivity index is 2.65. The van der Waals surface area contributed by atoms with Gasteiger partial charge < -0.3 is 20.3 Å². The molecule has 0 aromatic heterocycles. The van der Waals surface area contributed by atoms with Crippen LogP contribution in [0.3, 0.4) is 0 Å². The molecular weight excluding hydrogens is 218 g/mol. The first kappa shape index (κ1) is 13.8. The molecule has 3 N–H and O–H groups in total. The second-order valence-electron chi connectivity index (χ2n) is 4.02. The second-order valence-corrected chi connectivity index (χ2v) is 4.02. The van der Waals surface area contributed by atoms with Crippen LogP contribution in [-0.2, 0) is 6.42 Å². The summed E-state index contributed by atoms with van der Waals surface area (Å²) in [6.45, 7) is 0.194. The van der Waals surface area contributed by atoms with Crippen LogP contribution in [0.2, 0.25) is 0 Å². The zero-order chi connectivity index (χ0) is 12.7. The van der Waals surface area contributed by atoms with Crippen LogP contribution in [0.25, 0.3) is 0 Å². The molecule has 0 heterocycles. The van der Waals surface area contributed by atoms with Crippen molar-refractivity contribution in [2.75, 3.05) is 20.8 Å². The van der Waals surface area contributed by atoms with E-state index in [1.165, 1.54) is 0 Å². The van der Waals surface area contributed by atoms with Gasteiger partial charge in [-0.2, -0.15) is 0 Å². The second kappa shape index (κ2) is 7.14. The number of aliphatic hydroxyl groups is 1. The van der Waals surface area contributed by atoms with E-state index in [4.69, 9.17) is 20.3 Å². The third-order valence-corrected chi connectivity index (χ3v) is 2.68. The molecule has 96 valence electrons. The summed E-state index contributed by atoms with van der Waals surface area (Å²) >= 11 is 0. The van der Waals surface area contributed by atoms with Gasteiger partial charge in [0.15, 0.2) is 11.5 Å². The van der Waals surface area contributed by atoms with Crippen LogP contribution in [0.5, 0.6) is 11.5 Å². The maximum absolute atomic E-state index is 8.74. The molecule has 4 nitrogen and oxygen atoms in total. The van der Waals surface area contributed by atoms with Gasteiger partial charge in [0.25, 0.3) is 0 Å². The molecule has 1 aromatic carbocycles. The molecule has 17 heavy (non-hydrogen) atoms. The van der Waals surface area contributed by atoms with Crippen molar-refractivity contribution in [1.82, 2.24) is 0 Å². The van der Waals surface area contributed by atoms with Crippen molar-refractivity contribution < 1.29 is 14.6 Å². The highest BCUT2D eigenvalue weighted by atomic mass is 16.5. The molecular formula is C13H21NO3. The molecule has 1 aromatic rings. The number of rotatable bonds is 7. The highest BCUT2D eigenvalue weighted by molar-refractivity contribution is 5.43. The van der Waals surface area contributed by atoms with Crippen LogP contribution in [-0.4, -0.2) is 32.0 Å². The molecule has 0 bridgehead atoms. The Labute approximate surface area is 102 Å². The van der Waals surface area contributed by atoms with Crippen LogP contribution in [0.1, 0.15) is 18.4 Å². The van der Waals surface area contributed by atoms with Crippen LogP contribution < -0.4 is 15.2 Å². The Kier molecular flexibility index (Phi) is 5.80. The quantitative estimate of drug-likeness (QED) is 0.753. The monoisotopic (exact) mass is 239 g/mol. The molecule has 1 rings (SSSR count). The van der Waals surface area contributed by atoms with Gasteiger partial charge in [-0.3, -0.25) is 0 Å². The molecule has 0 radical (unpaired) electrons. The van der Waals surface area contributed by atoms with Gasteiger partial charge in [0, 0.05) is 12.6 Å². The molecule has 1 atom stereocenters. The number of nitrogens with two attached hydrogens (primary N) is 1. The summed E-state index contributed by atoms with van der Waals surface area (Å²) in [5, 5.41) is 8.74. The van der Waals surface area contributed by atoms with E-state index in [9.17, 15) is 0 Å². The molecule has 0 fully saturated rings. The average molecular weight is 239 g/mol. The van der Waals surface area contributed by atoms with E-state index < -0.39 is 0 Å². The van der Waals surface area contributed by atoms with E-state index in [0.717, 1.165) is 36.3 Å². The lowest BCUT2D eigenvalue weighted by atomic mass is 10.0. The zero-order valence-electron chi connectivity index (χ0n) is 10.5. The van der Waals surface area contributed by atoms with Gasteiger partial charge in [-0.1, -0.05) is 6.07 Å². The van der Waals surface area contributed by atoms with Crippen molar-refractivity contribution in [1.29, 1.82) is 0 Å². The molecule has 0 aliphatic carbocycles. The first-order valence-electron chi connectivity index (χ1n) is 5.78. The highest BCUT2D eigenvalue weighted by Crippen LogP contribution is 2.28. The van der Waals surface area contributed by atoms with Gasteiger partial charge in [-0.05, 0) is 37.0 Å². The van der Waals surface area contributed by atoms with E-state index in [1.54, 1.807) is 14.2 Å².